The molecule has 1 aliphatic carbocycles. The zero-order valence-electron chi connectivity index (χ0n) is 13.8. The number of carbonyl (C=O) groups excluding carboxylic acids is 1. The van der Waals surface area contributed by atoms with Gasteiger partial charge in [-0.2, -0.15) is 0 Å². The Labute approximate surface area is 136 Å². The predicted molar refractivity (Wildman–Crippen MR) is 88.2 cm³/mol. The van der Waals surface area contributed by atoms with Crippen molar-refractivity contribution in [3.63, 3.8) is 0 Å². The Morgan fingerprint density at radius 3 is 2.96 bits per heavy atom. The van der Waals surface area contributed by atoms with Gasteiger partial charge >= 0.3 is 0 Å². The van der Waals surface area contributed by atoms with Crippen molar-refractivity contribution in [3.8, 4) is 0 Å². The molecule has 1 amide bonds. The van der Waals surface area contributed by atoms with Gasteiger partial charge in [0.25, 0.3) is 5.91 Å². The predicted octanol–water partition coefficient (Wildman–Crippen LogP) is 2.29. The Hall–Kier alpha value is -1.95. The Kier molecular flexibility index (Phi) is 4.61. The number of carbonyl (C=O) groups is 1. The largest absolute Gasteiger partial charge is 0.382 e. The molecule has 0 radical (unpaired) electrons. The first-order valence-electron chi connectivity index (χ1n) is 8.29. The van der Waals surface area contributed by atoms with Gasteiger partial charge in [-0.25, -0.2) is 4.68 Å². The third-order valence-electron chi connectivity index (χ3n) is 4.89. The van der Waals surface area contributed by atoms with Gasteiger partial charge < -0.3 is 10.1 Å². The molecule has 2 aromatic rings. The van der Waals surface area contributed by atoms with Gasteiger partial charge in [-0.05, 0) is 49.8 Å². The monoisotopic (exact) mass is 316 g/mol. The number of hydrogen-bond acceptors (Lipinski definition) is 4. The highest BCUT2D eigenvalue weighted by molar-refractivity contribution is 5.97. The molecule has 23 heavy (non-hydrogen) atoms. The molecular weight excluding hydrogens is 292 g/mol. The van der Waals surface area contributed by atoms with Crippen LogP contribution in [0.5, 0.6) is 0 Å². The highest BCUT2D eigenvalue weighted by Crippen LogP contribution is 2.43. The minimum atomic E-state index is -0.0414. The molecule has 0 aliphatic heterocycles. The molecule has 6 nitrogen and oxygen atoms in total. The van der Waals surface area contributed by atoms with Crippen LogP contribution in [0, 0.1) is 5.41 Å². The van der Waals surface area contributed by atoms with Crippen molar-refractivity contribution in [1.29, 1.82) is 0 Å². The number of fused-ring (bicyclic) bond motifs is 1. The summed E-state index contributed by atoms with van der Waals surface area (Å²) in [5.74, 6) is -0.0414. The van der Waals surface area contributed by atoms with Crippen LogP contribution in [0.15, 0.2) is 18.2 Å². The number of aromatic nitrogens is 3. The van der Waals surface area contributed by atoms with E-state index in [4.69, 9.17) is 4.74 Å². The van der Waals surface area contributed by atoms with Crippen LogP contribution in [-0.4, -0.2) is 40.7 Å². The standard InChI is InChI=1S/C17H24N4O2/c1-3-23-10-9-17(7-4-8-17)12-18-16(22)13-5-6-15-14(11-13)19-20-21(15)2/h5-6,11H,3-4,7-10,12H2,1-2H3,(H,18,22). The summed E-state index contributed by atoms with van der Waals surface area (Å²) in [5.41, 5.74) is 2.53. The molecule has 1 aromatic heterocycles. The van der Waals surface area contributed by atoms with Crippen LogP contribution in [0.3, 0.4) is 0 Å². The number of hydrogen-bond donors (Lipinski definition) is 1. The van der Waals surface area contributed by atoms with Gasteiger partial charge in [0.1, 0.15) is 5.52 Å². The second kappa shape index (κ2) is 6.66. The molecule has 1 heterocycles. The molecule has 1 N–H and O–H groups in total. The zero-order valence-corrected chi connectivity index (χ0v) is 13.8. The Bertz CT molecular complexity index is 691. The smallest absolute Gasteiger partial charge is 0.251 e. The number of nitrogens with zero attached hydrogens (tertiary/aromatic N) is 3. The molecule has 1 saturated carbocycles. The third-order valence-corrected chi connectivity index (χ3v) is 4.89. The van der Waals surface area contributed by atoms with Crippen LogP contribution < -0.4 is 5.32 Å². The highest BCUT2D eigenvalue weighted by Gasteiger charge is 2.36. The lowest BCUT2D eigenvalue weighted by molar-refractivity contribution is 0.0513. The van der Waals surface area contributed by atoms with E-state index in [9.17, 15) is 4.79 Å². The van der Waals surface area contributed by atoms with Crippen LogP contribution in [0.1, 0.15) is 43.0 Å². The Morgan fingerprint density at radius 1 is 1.43 bits per heavy atom. The third kappa shape index (κ3) is 3.37. The average molecular weight is 316 g/mol. The molecule has 1 aliphatic rings. The summed E-state index contributed by atoms with van der Waals surface area (Å²) in [5, 5.41) is 11.1. The molecule has 1 fully saturated rings. The summed E-state index contributed by atoms with van der Waals surface area (Å²) < 4.78 is 7.18. The summed E-state index contributed by atoms with van der Waals surface area (Å²) >= 11 is 0. The van der Waals surface area contributed by atoms with Crippen molar-refractivity contribution < 1.29 is 9.53 Å². The first-order valence-corrected chi connectivity index (χ1v) is 8.29. The molecule has 124 valence electrons. The van der Waals surface area contributed by atoms with Crippen LogP contribution >= 0.6 is 0 Å². The first-order chi connectivity index (χ1) is 11.1. The van der Waals surface area contributed by atoms with E-state index in [2.05, 4.69) is 15.6 Å². The lowest BCUT2D eigenvalue weighted by Crippen LogP contribution is -2.42. The number of nitrogens with one attached hydrogen (secondary N) is 1. The highest BCUT2D eigenvalue weighted by atomic mass is 16.5. The average Bonchev–Trinajstić information content (AvgIpc) is 2.89. The summed E-state index contributed by atoms with van der Waals surface area (Å²) in [7, 11) is 1.84. The van der Waals surface area contributed by atoms with E-state index in [-0.39, 0.29) is 11.3 Å². The Balaban J connectivity index is 1.61. The normalized spacial score (nSPS) is 16.3. The van der Waals surface area contributed by atoms with Gasteiger partial charge in [0.05, 0.1) is 5.52 Å². The molecule has 0 bridgehead atoms. The molecule has 3 rings (SSSR count). The van der Waals surface area contributed by atoms with Crippen molar-refractivity contribution >= 4 is 16.9 Å². The maximum atomic E-state index is 12.4. The number of aryl methyl sites for hydroxylation is 1. The van der Waals surface area contributed by atoms with E-state index < -0.39 is 0 Å². The van der Waals surface area contributed by atoms with Crippen molar-refractivity contribution in [2.24, 2.45) is 12.5 Å². The number of amides is 1. The van der Waals surface area contributed by atoms with E-state index in [1.54, 1.807) is 10.7 Å². The quantitative estimate of drug-likeness (QED) is 0.796. The summed E-state index contributed by atoms with van der Waals surface area (Å²) in [6.07, 6.45) is 4.60. The van der Waals surface area contributed by atoms with Gasteiger partial charge in [-0.3, -0.25) is 4.79 Å². The van der Waals surface area contributed by atoms with Crippen LogP contribution in [0.25, 0.3) is 11.0 Å². The molecule has 0 spiro atoms. The van der Waals surface area contributed by atoms with Gasteiger partial charge in [0.2, 0.25) is 0 Å². The zero-order chi connectivity index (χ0) is 16.3. The summed E-state index contributed by atoms with van der Waals surface area (Å²) in [6.45, 7) is 4.26. The van der Waals surface area contributed by atoms with Crippen molar-refractivity contribution in [1.82, 2.24) is 20.3 Å². The maximum absolute atomic E-state index is 12.4. The van der Waals surface area contributed by atoms with E-state index in [1.165, 1.54) is 19.3 Å². The van der Waals surface area contributed by atoms with E-state index in [0.29, 0.717) is 5.56 Å². The molecule has 1 aromatic carbocycles. The number of benzene rings is 1. The molecule has 0 unspecified atom stereocenters. The fourth-order valence-corrected chi connectivity index (χ4v) is 3.18. The number of rotatable bonds is 7. The van der Waals surface area contributed by atoms with E-state index >= 15 is 0 Å². The Morgan fingerprint density at radius 2 is 2.26 bits per heavy atom. The van der Waals surface area contributed by atoms with Gasteiger partial charge in [0.15, 0.2) is 0 Å². The maximum Gasteiger partial charge on any atom is 0.251 e. The van der Waals surface area contributed by atoms with Gasteiger partial charge in [0, 0.05) is 32.4 Å². The lowest BCUT2D eigenvalue weighted by atomic mass is 9.66. The lowest BCUT2D eigenvalue weighted by Gasteiger charge is -2.42. The van der Waals surface area contributed by atoms with E-state index in [1.807, 2.05) is 26.1 Å². The van der Waals surface area contributed by atoms with Crippen LogP contribution in [-0.2, 0) is 11.8 Å². The molecular formula is C17H24N4O2. The van der Waals surface area contributed by atoms with Crippen molar-refractivity contribution in [3.05, 3.63) is 23.8 Å². The number of ether oxygens (including phenoxy) is 1. The van der Waals surface area contributed by atoms with Gasteiger partial charge in [-0.1, -0.05) is 11.6 Å². The SMILES string of the molecule is CCOCCC1(CNC(=O)c2ccc3c(c2)nnn3C)CCC1. The topological polar surface area (TPSA) is 69.0 Å². The van der Waals surface area contributed by atoms with E-state index in [0.717, 1.165) is 37.2 Å². The molecule has 0 atom stereocenters. The summed E-state index contributed by atoms with van der Waals surface area (Å²) in [4.78, 5) is 12.4. The van der Waals surface area contributed by atoms with Crippen molar-refractivity contribution in [2.45, 2.75) is 32.6 Å². The second-order valence-corrected chi connectivity index (χ2v) is 6.40. The fourth-order valence-electron chi connectivity index (χ4n) is 3.18. The van der Waals surface area contributed by atoms with Crippen LogP contribution in [0.4, 0.5) is 0 Å². The fraction of sp³-hybridized carbons (Fsp3) is 0.588. The van der Waals surface area contributed by atoms with Crippen LogP contribution in [0.2, 0.25) is 0 Å². The first kappa shape index (κ1) is 15.9. The molecule has 0 saturated heterocycles. The second-order valence-electron chi connectivity index (χ2n) is 6.40. The minimum absolute atomic E-state index is 0.0414. The van der Waals surface area contributed by atoms with Crippen molar-refractivity contribution in [2.75, 3.05) is 19.8 Å². The van der Waals surface area contributed by atoms with Gasteiger partial charge in [-0.15, -0.1) is 5.10 Å². The molecule has 6 heteroatoms. The minimum Gasteiger partial charge on any atom is -0.382 e. The summed E-state index contributed by atoms with van der Waals surface area (Å²) in [6, 6.07) is 5.51.